The van der Waals surface area contributed by atoms with E-state index < -0.39 is 12.2 Å². The molecule has 0 aliphatic heterocycles. The Morgan fingerprint density at radius 3 is 1.40 bits per heavy atom. The Bertz CT molecular complexity index is 1980. The Hall–Kier alpha value is -3.47. The molecule has 50 heavy (non-hydrogen) atoms. The molecule has 1 heterocycles. The number of benzene rings is 5. The van der Waals surface area contributed by atoms with E-state index in [0.717, 1.165) is 39.1 Å². The zero-order valence-corrected chi connectivity index (χ0v) is 34.2. The predicted octanol–water partition coefficient (Wildman–Crippen LogP) is 11.1. The number of hydrogen-bond acceptors (Lipinski definition) is 4. The minimum absolute atomic E-state index is 0. The third-order valence-electron chi connectivity index (χ3n) is 9.53. The van der Waals surface area contributed by atoms with Gasteiger partial charge in [0.05, 0.1) is 28.9 Å². The molecule has 5 heteroatoms. The molecular weight excluding hydrogens is 793 g/mol. The second-order valence-electron chi connectivity index (χ2n) is 16.4. The minimum Gasteiger partial charge on any atom is -0.392 e. The Labute approximate surface area is 312 Å². The maximum absolute atomic E-state index is 9.76. The van der Waals surface area contributed by atoms with E-state index in [1.165, 1.54) is 49.4 Å². The van der Waals surface area contributed by atoms with Gasteiger partial charge in [0, 0.05) is 32.2 Å². The quantitative estimate of drug-likeness (QED) is 0.137. The van der Waals surface area contributed by atoms with Crippen LogP contribution >= 0.6 is 0 Å². The van der Waals surface area contributed by atoms with Gasteiger partial charge in [0.15, 0.2) is 0 Å². The van der Waals surface area contributed by atoms with Crippen molar-refractivity contribution in [3.63, 3.8) is 0 Å². The summed E-state index contributed by atoms with van der Waals surface area (Å²) in [6, 6.07) is 27.9. The van der Waals surface area contributed by atoms with Gasteiger partial charge in [-0.15, -0.1) is 34.9 Å². The van der Waals surface area contributed by atoms with E-state index in [2.05, 4.69) is 114 Å². The molecule has 2 atom stereocenters. The van der Waals surface area contributed by atoms with Crippen molar-refractivity contribution < 1.29 is 30.3 Å². The first-order valence-corrected chi connectivity index (χ1v) is 17.4. The van der Waals surface area contributed by atoms with E-state index >= 15 is 0 Å². The van der Waals surface area contributed by atoms with Crippen LogP contribution in [0.4, 0.5) is 0 Å². The van der Waals surface area contributed by atoms with Crippen molar-refractivity contribution in [2.75, 3.05) is 0 Å². The van der Waals surface area contributed by atoms with Gasteiger partial charge in [0.25, 0.3) is 0 Å². The molecule has 2 unspecified atom stereocenters. The van der Waals surface area contributed by atoms with Crippen LogP contribution in [0.5, 0.6) is 0 Å². The van der Waals surface area contributed by atoms with Crippen LogP contribution < -0.4 is 0 Å². The number of aliphatic hydroxyl groups is 2. The average Bonchev–Trinajstić information content (AvgIpc) is 2.97. The maximum atomic E-state index is 9.76. The van der Waals surface area contributed by atoms with E-state index in [1.54, 1.807) is 0 Å². The van der Waals surface area contributed by atoms with Crippen LogP contribution in [0.2, 0.25) is 0 Å². The molecule has 0 bridgehead atoms. The van der Waals surface area contributed by atoms with Crippen molar-refractivity contribution in [3.8, 4) is 22.5 Å². The van der Waals surface area contributed by atoms with Gasteiger partial charge in [0.2, 0.25) is 0 Å². The van der Waals surface area contributed by atoms with Crippen molar-refractivity contribution in [1.29, 1.82) is 0 Å². The van der Waals surface area contributed by atoms with Crippen LogP contribution in [0.1, 0.15) is 81.3 Å². The number of aryl methyl sites for hydroxylation is 6. The molecule has 0 spiro atoms. The molecule has 0 amide bonds. The molecule has 1 radical (unpaired) electrons. The summed E-state index contributed by atoms with van der Waals surface area (Å²) < 4.78 is 0. The van der Waals surface area contributed by atoms with Crippen molar-refractivity contribution in [2.24, 2.45) is 10.8 Å². The number of rotatable bonds is 4. The first kappa shape index (κ1) is 39.3. The molecule has 0 aliphatic carbocycles. The third-order valence-corrected chi connectivity index (χ3v) is 9.53. The standard InChI is InChI=1S/C34H29N2.C11H24O2.Ir/c1-19-7-20(2)10-29(9-19)33-34(30-11-21(3)8-22(4)12-30)36-32-18-28-16-26-14-24(6)23(5)13-25(26)15-27(28)17-31(32)35-33;1-10(2,3)8(12)7-9(13)11(4,5)6;/h7-11,13-18H,1-6H3;8-9,12-13H,7H2,1-6H3;/q-1;;. The van der Waals surface area contributed by atoms with Crippen molar-refractivity contribution in [2.45, 2.75) is 102 Å². The van der Waals surface area contributed by atoms with E-state index in [1.807, 2.05) is 41.5 Å². The van der Waals surface area contributed by atoms with E-state index in [4.69, 9.17) is 9.97 Å². The average molecular weight is 846 g/mol. The fourth-order valence-corrected chi connectivity index (χ4v) is 6.27. The van der Waals surface area contributed by atoms with Crippen molar-refractivity contribution in [3.05, 3.63) is 106 Å². The van der Waals surface area contributed by atoms with Gasteiger partial charge < -0.3 is 10.2 Å². The molecule has 2 N–H and O–H groups in total. The van der Waals surface area contributed by atoms with Crippen LogP contribution in [-0.2, 0) is 20.1 Å². The van der Waals surface area contributed by atoms with Gasteiger partial charge >= 0.3 is 0 Å². The minimum atomic E-state index is -0.443. The molecule has 265 valence electrons. The monoisotopic (exact) mass is 846 g/mol. The Morgan fingerprint density at radius 2 is 0.960 bits per heavy atom. The van der Waals surface area contributed by atoms with Crippen molar-refractivity contribution >= 4 is 32.6 Å². The summed E-state index contributed by atoms with van der Waals surface area (Å²) in [7, 11) is 0. The van der Waals surface area contributed by atoms with Gasteiger partial charge in [-0.1, -0.05) is 96.8 Å². The fourth-order valence-electron chi connectivity index (χ4n) is 6.27. The summed E-state index contributed by atoms with van der Waals surface area (Å²) in [5.74, 6) is 0. The van der Waals surface area contributed by atoms with Crippen LogP contribution in [0.3, 0.4) is 0 Å². The molecule has 6 aromatic rings. The zero-order chi connectivity index (χ0) is 36.0. The smallest absolute Gasteiger partial charge is 0.0881 e. The molecule has 0 aliphatic rings. The van der Waals surface area contributed by atoms with Crippen molar-refractivity contribution in [1.82, 2.24) is 9.97 Å². The fraction of sp³-hybridized carbons (Fsp3) is 0.378. The summed E-state index contributed by atoms with van der Waals surface area (Å²) in [6.45, 7) is 24.7. The molecular formula is C45H53IrN2O2-. The summed E-state index contributed by atoms with van der Waals surface area (Å²) >= 11 is 0. The van der Waals surface area contributed by atoms with Gasteiger partial charge in [-0.25, -0.2) is 0 Å². The third kappa shape index (κ3) is 9.06. The van der Waals surface area contributed by atoms with E-state index in [-0.39, 0.29) is 30.9 Å². The van der Waals surface area contributed by atoms with Crippen LogP contribution in [0.25, 0.3) is 55.1 Å². The summed E-state index contributed by atoms with van der Waals surface area (Å²) in [5.41, 5.74) is 12.8. The molecule has 0 fully saturated rings. The molecule has 6 rings (SSSR count). The normalized spacial score (nSPS) is 13.2. The first-order valence-electron chi connectivity index (χ1n) is 17.4. The number of nitrogens with zero attached hydrogens (tertiary/aromatic N) is 2. The summed E-state index contributed by atoms with van der Waals surface area (Å²) in [5, 5.41) is 24.4. The number of aliphatic hydroxyl groups excluding tert-OH is 2. The second kappa shape index (κ2) is 15.0. The second-order valence-corrected chi connectivity index (χ2v) is 16.4. The van der Waals surface area contributed by atoms with Gasteiger partial charge in [-0.3, -0.25) is 9.97 Å². The number of aromatic nitrogens is 2. The Balaban J connectivity index is 0.000000345. The molecule has 5 aromatic carbocycles. The zero-order valence-electron chi connectivity index (χ0n) is 31.8. The van der Waals surface area contributed by atoms with Crippen LogP contribution in [0, 0.1) is 58.4 Å². The summed E-state index contributed by atoms with van der Waals surface area (Å²) in [6.07, 6.45) is -0.434. The molecule has 1 aromatic heterocycles. The SMILES string of the molecule is CC(C)(C)C(O)CC(O)C(C)(C)C.Cc1[c-]c(-c2nc3cc4cc5cc(C)c(C)cc5cc4cc3nc2-c2cc(C)cc(C)c2)cc(C)c1.[Ir]. The molecule has 0 saturated heterocycles. The van der Waals surface area contributed by atoms with Crippen LogP contribution in [-0.4, -0.2) is 32.4 Å². The topological polar surface area (TPSA) is 66.2 Å². The van der Waals surface area contributed by atoms with Gasteiger partial charge in [-0.2, -0.15) is 0 Å². The summed E-state index contributed by atoms with van der Waals surface area (Å²) in [4.78, 5) is 10.5. The largest absolute Gasteiger partial charge is 0.392 e. The number of hydrogen-bond donors (Lipinski definition) is 2. The van der Waals surface area contributed by atoms with E-state index in [9.17, 15) is 10.2 Å². The molecule has 4 nitrogen and oxygen atoms in total. The van der Waals surface area contributed by atoms with Crippen LogP contribution in [0.15, 0.2) is 66.7 Å². The Kier molecular flexibility index (Phi) is 11.8. The number of fused-ring (bicyclic) bond motifs is 3. The van der Waals surface area contributed by atoms with E-state index in [0.29, 0.717) is 6.42 Å². The van der Waals surface area contributed by atoms with Gasteiger partial charge in [0.1, 0.15) is 0 Å². The molecule has 0 saturated carbocycles. The first-order chi connectivity index (χ1) is 22.8. The maximum Gasteiger partial charge on any atom is 0.0881 e. The van der Waals surface area contributed by atoms with Gasteiger partial charge in [-0.05, 0) is 101 Å². The predicted molar refractivity (Wildman–Crippen MR) is 208 cm³/mol. The Morgan fingerprint density at radius 1 is 0.540 bits per heavy atom.